The summed E-state index contributed by atoms with van der Waals surface area (Å²) < 4.78 is 7.24. The van der Waals surface area contributed by atoms with Crippen LogP contribution in [0.5, 0.6) is 0 Å². The maximum atomic E-state index is 12.7. The first-order valence-electron chi connectivity index (χ1n) is 8.30. The molecular weight excluding hydrogens is 352 g/mol. The van der Waals surface area contributed by atoms with Gasteiger partial charge in [0.15, 0.2) is 5.76 Å². The standard InChI is InChI=1S/C19H21ClN4O2/c1-13-7-8-18(26-13)16-12-17(19(25)21-9-10-23(2)3)24(22-16)15-6-4-5-14(20)11-15/h4-8,11-12H,9-10H2,1-3H3,(H,21,25). The van der Waals surface area contributed by atoms with Crippen LogP contribution < -0.4 is 5.32 Å². The predicted molar refractivity (Wildman–Crippen MR) is 102 cm³/mol. The van der Waals surface area contributed by atoms with Crippen LogP contribution in [-0.4, -0.2) is 47.8 Å². The number of nitrogens with one attached hydrogen (secondary N) is 1. The van der Waals surface area contributed by atoms with Crippen LogP contribution >= 0.6 is 11.6 Å². The second-order valence-corrected chi connectivity index (χ2v) is 6.71. The number of halogens is 1. The highest BCUT2D eigenvalue weighted by atomic mass is 35.5. The van der Waals surface area contributed by atoms with E-state index in [2.05, 4.69) is 10.4 Å². The van der Waals surface area contributed by atoms with Crippen molar-refractivity contribution in [3.8, 4) is 17.1 Å². The third kappa shape index (κ3) is 4.15. The molecule has 6 nitrogen and oxygen atoms in total. The lowest BCUT2D eigenvalue weighted by molar-refractivity contribution is 0.0943. The molecule has 2 heterocycles. The highest BCUT2D eigenvalue weighted by Crippen LogP contribution is 2.24. The fourth-order valence-electron chi connectivity index (χ4n) is 2.52. The molecule has 136 valence electrons. The number of hydrogen-bond donors (Lipinski definition) is 1. The highest BCUT2D eigenvalue weighted by Gasteiger charge is 2.19. The van der Waals surface area contributed by atoms with Crippen molar-refractivity contribution in [2.75, 3.05) is 27.2 Å². The Morgan fingerprint density at radius 2 is 2.08 bits per heavy atom. The summed E-state index contributed by atoms with van der Waals surface area (Å²) in [4.78, 5) is 14.7. The van der Waals surface area contributed by atoms with E-state index in [1.54, 1.807) is 22.9 Å². The molecule has 0 atom stereocenters. The van der Waals surface area contributed by atoms with Gasteiger partial charge in [0.1, 0.15) is 17.1 Å². The van der Waals surface area contributed by atoms with Gasteiger partial charge in [-0.2, -0.15) is 5.10 Å². The molecule has 3 aromatic rings. The molecule has 7 heteroatoms. The number of nitrogens with zero attached hydrogens (tertiary/aromatic N) is 3. The summed E-state index contributed by atoms with van der Waals surface area (Å²) in [5.74, 6) is 1.20. The third-order valence-corrected chi connectivity index (χ3v) is 4.07. The first kappa shape index (κ1) is 18.2. The van der Waals surface area contributed by atoms with Crippen LogP contribution in [0, 0.1) is 6.92 Å². The van der Waals surface area contributed by atoms with E-state index >= 15 is 0 Å². The molecule has 0 spiro atoms. The van der Waals surface area contributed by atoms with Crippen molar-refractivity contribution < 1.29 is 9.21 Å². The van der Waals surface area contributed by atoms with E-state index in [-0.39, 0.29) is 5.91 Å². The SMILES string of the molecule is Cc1ccc(-c2cc(C(=O)NCCN(C)C)n(-c3cccc(Cl)c3)n2)o1. The van der Waals surface area contributed by atoms with Gasteiger partial charge >= 0.3 is 0 Å². The second kappa shape index (κ2) is 7.76. The quantitative estimate of drug-likeness (QED) is 0.720. The maximum Gasteiger partial charge on any atom is 0.270 e. The summed E-state index contributed by atoms with van der Waals surface area (Å²) in [5.41, 5.74) is 1.73. The van der Waals surface area contributed by atoms with Crippen LogP contribution in [0.4, 0.5) is 0 Å². The zero-order valence-corrected chi connectivity index (χ0v) is 15.7. The Kier molecular flexibility index (Phi) is 5.44. The fraction of sp³-hybridized carbons (Fsp3) is 0.263. The number of benzene rings is 1. The van der Waals surface area contributed by atoms with Crippen molar-refractivity contribution in [1.82, 2.24) is 20.0 Å². The molecular formula is C19H21ClN4O2. The van der Waals surface area contributed by atoms with Gasteiger partial charge in [0.25, 0.3) is 5.91 Å². The average Bonchev–Trinajstić information content (AvgIpc) is 3.20. The topological polar surface area (TPSA) is 63.3 Å². The minimum absolute atomic E-state index is 0.200. The molecule has 1 aromatic carbocycles. The van der Waals surface area contributed by atoms with Gasteiger partial charge in [-0.3, -0.25) is 4.79 Å². The number of carbonyl (C=O) groups is 1. The Hall–Kier alpha value is -2.57. The van der Waals surface area contributed by atoms with Gasteiger partial charge in [-0.25, -0.2) is 4.68 Å². The van der Waals surface area contributed by atoms with E-state index in [9.17, 15) is 4.79 Å². The first-order chi connectivity index (χ1) is 12.4. The molecule has 0 fully saturated rings. The van der Waals surface area contributed by atoms with Crippen LogP contribution in [0.3, 0.4) is 0 Å². The molecule has 0 aliphatic heterocycles. The number of hydrogen-bond acceptors (Lipinski definition) is 4. The van der Waals surface area contributed by atoms with Crippen molar-refractivity contribution in [2.45, 2.75) is 6.92 Å². The summed E-state index contributed by atoms with van der Waals surface area (Å²) >= 11 is 6.11. The molecule has 3 rings (SSSR count). The fourth-order valence-corrected chi connectivity index (χ4v) is 2.71. The first-order valence-corrected chi connectivity index (χ1v) is 8.67. The number of rotatable bonds is 6. The van der Waals surface area contributed by atoms with Gasteiger partial charge < -0.3 is 14.6 Å². The van der Waals surface area contributed by atoms with Gasteiger partial charge in [0.2, 0.25) is 0 Å². The number of amides is 1. The van der Waals surface area contributed by atoms with Gasteiger partial charge in [-0.1, -0.05) is 17.7 Å². The van der Waals surface area contributed by atoms with Gasteiger partial charge in [-0.15, -0.1) is 0 Å². The zero-order valence-electron chi connectivity index (χ0n) is 15.0. The van der Waals surface area contributed by atoms with Crippen molar-refractivity contribution in [1.29, 1.82) is 0 Å². The lowest BCUT2D eigenvalue weighted by atomic mass is 10.2. The van der Waals surface area contributed by atoms with Gasteiger partial charge in [-0.05, 0) is 51.4 Å². The molecule has 0 saturated carbocycles. The van der Waals surface area contributed by atoms with Crippen molar-refractivity contribution in [3.63, 3.8) is 0 Å². The molecule has 0 aliphatic carbocycles. The highest BCUT2D eigenvalue weighted by molar-refractivity contribution is 6.30. The predicted octanol–water partition coefficient (Wildman–Crippen LogP) is 3.39. The molecule has 0 radical (unpaired) electrons. The molecule has 1 amide bonds. The minimum atomic E-state index is -0.200. The summed E-state index contributed by atoms with van der Waals surface area (Å²) in [7, 11) is 3.92. The van der Waals surface area contributed by atoms with Crippen LogP contribution in [0.15, 0.2) is 46.9 Å². The van der Waals surface area contributed by atoms with Crippen LogP contribution in [-0.2, 0) is 0 Å². The molecule has 0 aliphatic rings. The number of furan rings is 1. The summed E-state index contributed by atoms with van der Waals surface area (Å²) in [5, 5.41) is 8.06. The van der Waals surface area contributed by atoms with Crippen molar-refractivity contribution >= 4 is 17.5 Å². The van der Waals surface area contributed by atoms with Crippen LogP contribution in [0.2, 0.25) is 5.02 Å². The Morgan fingerprint density at radius 1 is 1.27 bits per heavy atom. The minimum Gasteiger partial charge on any atom is -0.460 e. The number of aryl methyl sites for hydroxylation is 1. The van der Waals surface area contributed by atoms with Crippen molar-refractivity contribution in [3.05, 3.63) is 58.9 Å². The lowest BCUT2D eigenvalue weighted by Crippen LogP contribution is -2.32. The van der Waals surface area contributed by atoms with E-state index in [1.165, 1.54) is 0 Å². The van der Waals surface area contributed by atoms with Crippen molar-refractivity contribution in [2.24, 2.45) is 0 Å². The summed E-state index contributed by atoms with van der Waals surface area (Å²) in [6.07, 6.45) is 0. The molecule has 0 unspecified atom stereocenters. The Balaban J connectivity index is 1.97. The Morgan fingerprint density at radius 3 is 2.73 bits per heavy atom. The van der Waals surface area contributed by atoms with Crippen LogP contribution in [0.1, 0.15) is 16.2 Å². The lowest BCUT2D eigenvalue weighted by Gasteiger charge is -2.11. The summed E-state index contributed by atoms with van der Waals surface area (Å²) in [6.45, 7) is 3.16. The van der Waals surface area contributed by atoms with E-state index in [1.807, 2.05) is 50.2 Å². The van der Waals surface area contributed by atoms with E-state index in [0.29, 0.717) is 34.4 Å². The molecule has 1 N–H and O–H groups in total. The van der Waals surface area contributed by atoms with E-state index < -0.39 is 0 Å². The maximum absolute atomic E-state index is 12.7. The van der Waals surface area contributed by atoms with E-state index in [0.717, 1.165) is 12.3 Å². The number of carbonyl (C=O) groups excluding carboxylic acids is 1. The van der Waals surface area contributed by atoms with E-state index in [4.69, 9.17) is 16.0 Å². The third-order valence-electron chi connectivity index (χ3n) is 3.83. The normalized spacial score (nSPS) is 11.1. The summed E-state index contributed by atoms with van der Waals surface area (Å²) in [6, 6.07) is 12.7. The van der Waals surface area contributed by atoms with Crippen LogP contribution in [0.25, 0.3) is 17.1 Å². The Labute approximate surface area is 157 Å². The monoisotopic (exact) mass is 372 g/mol. The molecule has 0 saturated heterocycles. The second-order valence-electron chi connectivity index (χ2n) is 6.28. The van der Waals surface area contributed by atoms with Gasteiger partial charge in [0.05, 0.1) is 5.69 Å². The molecule has 2 aromatic heterocycles. The molecule has 0 bridgehead atoms. The Bertz CT molecular complexity index is 914. The average molecular weight is 373 g/mol. The number of likely N-dealkylation sites (N-methyl/N-ethyl adjacent to an activating group) is 1. The largest absolute Gasteiger partial charge is 0.460 e. The molecule has 26 heavy (non-hydrogen) atoms. The van der Waals surface area contributed by atoms with Gasteiger partial charge in [0, 0.05) is 24.2 Å². The smallest absolute Gasteiger partial charge is 0.270 e. The zero-order chi connectivity index (χ0) is 18.7. The number of aromatic nitrogens is 2.